The lowest BCUT2D eigenvalue weighted by atomic mass is 10.1. The highest BCUT2D eigenvalue weighted by molar-refractivity contribution is 7.99. The van der Waals surface area contributed by atoms with Crippen molar-refractivity contribution in [1.82, 2.24) is 20.1 Å². The molecule has 0 spiro atoms. The highest BCUT2D eigenvalue weighted by Crippen LogP contribution is 2.31. The number of carbonyl (C=O) groups excluding carboxylic acids is 1. The summed E-state index contributed by atoms with van der Waals surface area (Å²) in [6, 6.07) is 4.70. The number of rotatable bonds is 8. The second-order valence-corrected chi connectivity index (χ2v) is 6.41. The van der Waals surface area contributed by atoms with E-state index in [1.807, 2.05) is 0 Å². The van der Waals surface area contributed by atoms with Crippen LogP contribution in [0, 0.1) is 0 Å². The lowest BCUT2D eigenvalue weighted by Crippen LogP contribution is -2.28. The predicted octanol–water partition coefficient (Wildman–Crippen LogP) is 2.54. The molecule has 2 rings (SSSR count). The number of amides is 1. The van der Waals surface area contributed by atoms with Gasteiger partial charge in [0.25, 0.3) is 5.91 Å². The van der Waals surface area contributed by atoms with Crippen LogP contribution in [0.25, 0.3) is 0 Å². The van der Waals surface area contributed by atoms with E-state index in [4.69, 9.17) is 4.74 Å². The zero-order valence-corrected chi connectivity index (χ0v) is 15.2. The third-order valence-electron chi connectivity index (χ3n) is 3.55. The van der Waals surface area contributed by atoms with Crippen LogP contribution in [0.3, 0.4) is 0 Å². The van der Waals surface area contributed by atoms with Crippen molar-refractivity contribution in [3.63, 3.8) is 0 Å². The number of benzene rings is 1. The van der Waals surface area contributed by atoms with E-state index in [1.165, 1.54) is 23.9 Å². The van der Waals surface area contributed by atoms with Gasteiger partial charge in [0.15, 0.2) is 5.16 Å². The van der Waals surface area contributed by atoms with Gasteiger partial charge in [0.1, 0.15) is 5.82 Å². The monoisotopic (exact) mass is 388 g/mol. The molecule has 1 aromatic heterocycles. The van der Waals surface area contributed by atoms with Crippen molar-refractivity contribution in [1.29, 1.82) is 0 Å². The van der Waals surface area contributed by atoms with E-state index in [-0.39, 0.29) is 6.54 Å². The Morgan fingerprint density at radius 1 is 1.31 bits per heavy atom. The maximum absolute atomic E-state index is 13.0. The van der Waals surface area contributed by atoms with Crippen LogP contribution in [0.2, 0.25) is 0 Å². The molecule has 0 aliphatic heterocycles. The minimum Gasteiger partial charge on any atom is -0.384 e. The number of hydrogen-bond acceptors (Lipinski definition) is 5. The zero-order valence-electron chi connectivity index (χ0n) is 14.3. The van der Waals surface area contributed by atoms with Crippen LogP contribution in [0.15, 0.2) is 29.4 Å². The topological polar surface area (TPSA) is 69.0 Å². The Hall–Kier alpha value is -2.07. The number of aromatic nitrogens is 3. The first kappa shape index (κ1) is 20.2. The molecular formula is C16H19F3N4O2S. The normalized spacial score (nSPS) is 11.6. The number of nitrogens with one attached hydrogen (secondary N) is 1. The summed E-state index contributed by atoms with van der Waals surface area (Å²) in [7, 11) is 3.41. The van der Waals surface area contributed by atoms with Gasteiger partial charge in [-0.2, -0.15) is 13.2 Å². The second-order valence-electron chi connectivity index (χ2n) is 5.35. The van der Waals surface area contributed by atoms with Gasteiger partial charge in [0.05, 0.1) is 17.7 Å². The summed E-state index contributed by atoms with van der Waals surface area (Å²) in [6.07, 6.45) is -4.22. The minimum atomic E-state index is -4.58. The zero-order chi connectivity index (χ0) is 19.2. The maximum Gasteiger partial charge on any atom is 0.417 e. The lowest BCUT2D eigenvalue weighted by molar-refractivity contribution is -0.137. The fourth-order valence-electron chi connectivity index (χ4n) is 2.22. The molecule has 1 heterocycles. The van der Waals surface area contributed by atoms with E-state index >= 15 is 0 Å². The Kier molecular flexibility index (Phi) is 7.04. The number of alkyl halides is 3. The molecule has 0 fully saturated rings. The first-order valence-corrected chi connectivity index (χ1v) is 8.77. The van der Waals surface area contributed by atoms with Crippen molar-refractivity contribution >= 4 is 17.7 Å². The van der Waals surface area contributed by atoms with Gasteiger partial charge in [0, 0.05) is 32.9 Å². The van der Waals surface area contributed by atoms with Crippen LogP contribution in [0.4, 0.5) is 13.2 Å². The summed E-state index contributed by atoms with van der Waals surface area (Å²) in [5.41, 5.74) is -1.35. The SMILES string of the molecule is COCCSc1nnc(CCNC(=O)c2ccccc2C(F)(F)F)n1C. The van der Waals surface area contributed by atoms with Crippen molar-refractivity contribution in [2.45, 2.75) is 17.8 Å². The van der Waals surface area contributed by atoms with Gasteiger partial charge in [0.2, 0.25) is 0 Å². The molecule has 0 saturated carbocycles. The molecule has 0 unspecified atom stereocenters. The maximum atomic E-state index is 13.0. The fraction of sp³-hybridized carbons (Fsp3) is 0.438. The Morgan fingerprint density at radius 2 is 2.04 bits per heavy atom. The fourth-order valence-corrected chi connectivity index (χ4v) is 3.05. The molecule has 1 aromatic carbocycles. The average molecular weight is 388 g/mol. The van der Waals surface area contributed by atoms with Crippen LogP contribution in [0.5, 0.6) is 0 Å². The summed E-state index contributed by atoms with van der Waals surface area (Å²) >= 11 is 1.49. The molecule has 26 heavy (non-hydrogen) atoms. The number of methoxy groups -OCH3 is 1. The molecule has 142 valence electrons. The molecular weight excluding hydrogens is 369 g/mol. The van der Waals surface area contributed by atoms with Crippen LogP contribution in [0.1, 0.15) is 21.7 Å². The molecule has 6 nitrogen and oxygen atoms in total. The van der Waals surface area contributed by atoms with Crippen LogP contribution in [-0.2, 0) is 24.4 Å². The van der Waals surface area contributed by atoms with Gasteiger partial charge in [-0.05, 0) is 12.1 Å². The lowest BCUT2D eigenvalue weighted by Gasteiger charge is -2.12. The smallest absolute Gasteiger partial charge is 0.384 e. The third kappa shape index (κ3) is 5.21. The summed E-state index contributed by atoms with van der Waals surface area (Å²) < 4.78 is 45.7. The first-order valence-electron chi connectivity index (χ1n) is 7.79. The molecule has 0 saturated heterocycles. The summed E-state index contributed by atoms with van der Waals surface area (Å²) in [6.45, 7) is 0.737. The summed E-state index contributed by atoms with van der Waals surface area (Å²) in [5, 5.41) is 11.3. The second kappa shape index (κ2) is 9.04. The molecule has 2 aromatic rings. The van der Waals surface area contributed by atoms with Gasteiger partial charge >= 0.3 is 6.18 Å². The number of ether oxygens (including phenoxy) is 1. The van der Waals surface area contributed by atoms with Gasteiger partial charge in [-0.25, -0.2) is 0 Å². The number of thioether (sulfide) groups is 1. The first-order chi connectivity index (χ1) is 12.3. The van der Waals surface area contributed by atoms with Gasteiger partial charge in [-0.15, -0.1) is 10.2 Å². The van der Waals surface area contributed by atoms with E-state index < -0.39 is 23.2 Å². The Labute approximate surface area is 153 Å². The summed E-state index contributed by atoms with van der Waals surface area (Å²) in [5.74, 6) is 0.595. The molecule has 1 amide bonds. The third-order valence-corrected chi connectivity index (χ3v) is 4.54. The van der Waals surface area contributed by atoms with Crippen molar-refractivity contribution in [3.05, 3.63) is 41.2 Å². The van der Waals surface area contributed by atoms with Crippen molar-refractivity contribution < 1.29 is 22.7 Å². The molecule has 10 heteroatoms. The van der Waals surface area contributed by atoms with Crippen LogP contribution >= 0.6 is 11.8 Å². The van der Waals surface area contributed by atoms with Gasteiger partial charge < -0.3 is 14.6 Å². The van der Waals surface area contributed by atoms with Crippen LogP contribution < -0.4 is 5.32 Å². The van der Waals surface area contributed by atoms with Gasteiger partial charge in [-0.1, -0.05) is 23.9 Å². The average Bonchev–Trinajstić information content (AvgIpc) is 2.95. The molecule has 0 atom stereocenters. The van der Waals surface area contributed by atoms with Gasteiger partial charge in [-0.3, -0.25) is 4.79 Å². The molecule has 0 aliphatic carbocycles. The van der Waals surface area contributed by atoms with E-state index in [0.717, 1.165) is 17.9 Å². The quantitative estimate of drug-likeness (QED) is 0.556. The predicted molar refractivity (Wildman–Crippen MR) is 91.1 cm³/mol. The number of nitrogens with zero attached hydrogens (tertiary/aromatic N) is 3. The Bertz CT molecular complexity index is 749. The Morgan fingerprint density at radius 3 is 2.73 bits per heavy atom. The molecule has 1 N–H and O–H groups in total. The number of halogens is 3. The van der Waals surface area contributed by atoms with E-state index in [9.17, 15) is 18.0 Å². The van der Waals surface area contributed by atoms with Crippen molar-refractivity contribution in [2.75, 3.05) is 26.0 Å². The molecule has 0 radical (unpaired) electrons. The minimum absolute atomic E-state index is 0.153. The van der Waals surface area contributed by atoms with E-state index in [1.54, 1.807) is 18.7 Å². The van der Waals surface area contributed by atoms with Crippen LogP contribution in [-0.4, -0.2) is 46.7 Å². The van der Waals surface area contributed by atoms with E-state index in [0.29, 0.717) is 24.0 Å². The van der Waals surface area contributed by atoms with Crippen molar-refractivity contribution in [2.24, 2.45) is 7.05 Å². The summed E-state index contributed by atoms with van der Waals surface area (Å²) in [4.78, 5) is 12.1. The largest absolute Gasteiger partial charge is 0.417 e. The highest BCUT2D eigenvalue weighted by atomic mass is 32.2. The standard InChI is InChI=1S/C16H19F3N4O2S/c1-23-13(21-22-15(23)26-10-9-25-2)7-8-20-14(24)11-5-3-4-6-12(11)16(17,18)19/h3-6H,7-10H2,1-2H3,(H,20,24). The number of hydrogen-bond donors (Lipinski definition) is 1. The molecule has 0 aliphatic rings. The van der Waals surface area contributed by atoms with E-state index in [2.05, 4.69) is 15.5 Å². The van der Waals surface area contributed by atoms with Crippen molar-refractivity contribution in [3.8, 4) is 0 Å². The highest BCUT2D eigenvalue weighted by Gasteiger charge is 2.34. The molecule has 0 bridgehead atoms. The Balaban J connectivity index is 1.94. The number of carbonyl (C=O) groups is 1.